The summed E-state index contributed by atoms with van der Waals surface area (Å²) in [6.07, 6.45) is -4.74. The van der Waals surface area contributed by atoms with Crippen LogP contribution in [0.5, 0.6) is 5.75 Å². The summed E-state index contributed by atoms with van der Waals surface area (Å²) in [6, 6.07) is 4.67. The topological polar surface area (TPSA) is 64.3 Å². The Morgan fingerprint density at radius 2 is 1.75 bits per heavy atom. The highest BCUT2D eigenvalue weighted by atomic mass is 35.5. The van der Waals surface area contributed by atoms with Gasteiger partial charge in [-0.15, -0.1) is 25.6 Å². The summed E-state index contributed by atoms with van der Waals surface area (Å²) in [5.74, 6) is -0.781. The van der Waals surface area contributed by atoms with E-state index in [0.29, 0.717) is 0 Å². The third-order valence-corrected chi connectivity index (χ3v) is 2.31. The maximum absolute atomic E-state index is 12.0. The van der Waals surface area contributed by atoms with Crippen LogP contribution in [0.3, 0.4) is 0 Å². The van der Waals surface area contributed by atoms with Crippen molar-refractivity contribution in [3.8, 4) is 5.75 Å². The van der Waals surface area contributed by atoms with E-state index in [-0.39, 0.29) is 30.3 Å². The van der Waals surface area contributed by atoms with Crippen molar-refractivity contribution in [2.24, 2.45) is 5.73 Å². The van der Waals surface area contributed by atoms with Gasteiger partial charge in [-0.05, 0) is 38.1 Å². The lowest BCUT2D eigenvalue weighted by atomic mass is 10.1. The second-order valence-electron chi connectivity index (χ2n) is 4.61. The van der Waals surface area contributed by atoms with Gasteiger partial charge in [0.2, 0.25) is 0 Å². The number of nitrogens with one attached hydrogen (secondary N) is 1. The van der Waals surface area contributed by atoms with Gasteiger partial charge >= 0.3 is 6.36 Å². The molecule has 1 aromatic rings. The Hall–Kier alpha value is -1.47. The van der Waals surface area contributed by atoms with Crippen LogP contribution >= 0.6 is 12.4 Å². The van der Waals surface area contributed by atoms with Crippen molar-refractivity contribution in [3.05, 3.63) is 29.8 Å². The van der Waals surface area contributed by atoms with E-state index in [9.17, 15) is 18.0 Å². The Kier molecular flexibility index (Phi) is 6.31. The molecule has 1 aromatic carbocycles. The monoisotopic (exact) mass is 312 g/mol. The van der Waals surface area contributed by atoms with Crippen molar-refractivity contribution in [1.82, 2.24) is 5.32 Å². The van der Waals surface area contributed by atoms with Crippen molar-refractivity contribution < 1.29 is 22.7 Å². The third kappa shape index (κ3) is 6.12. The fourth-order valence-corrected chi connectivity index (χ4v) is 1.24. The highest BCUT2D eigenvalue weighted by Gasteiger charge is 2.31. The number of benzene rings is 1. The number of carbonyl (C=O) groups is 1. The first-order chi connectivity index (χ1) is 8.63. The Balaban J connectivity index is 0.00000361. The number of amides is 1. The van der Waals surface area contributed by atoms with Crippen LogP contribution < -0.4 is 15.8 Å². The smallest absolute Gasteiger partial charge is 0.406 e. The van der Waals surface area contributed by atoms with Crippen LogP contribution in [0.2, 0.25) is 0 Å². The molecule has 0 aliphatic heterocycles. The highest BCUT2D eigenvalue weighted by Crippen LogP contribution is 2.22. The normalized spacial score (nSPS) is 11.5. The Labute approximate surface area is 120 Å². The molecule has 0 saturated carbocycles. The lowest BCUT2D eigenvalue weighted by Crippen LogP contribution is -2.48. The lowest BCUT2D eigenvalue weighted by molar-refractivity contribution is -0.274. The van der Waals surface area contributed by atoms with Gasteiger partial charge in [-0.25, -0.2) is 0 Å². The molecule has 0 atom stereocenters. The molecule has 0 fully saturated rings. The highest BCUT2D eigenvalue weighted by molar-refractivity contribution is 5.94. The minimum atomic E-state index is -4.74. The van der Waals surface area contributed by atoms with Crippen molar-refractivity contribution in [3.63, 3.8) is 0 Å². The van der Waals surface area contributed by atoms with Crippen LogP contribution in [0, 0.1) is 0 Å². The third-order valence-electron chi connectivity index (χ3n) is 2.31. The van der Waals surface area contributed by atoms with Crippen molar-refractivity contribution in [2.75, 3.05) is 6.54 Å². The van der Waals surface area contributed by atoms with Crippen LogP contribution in [-0.2, 0) is 0 Å². The van der Waals surface area contributed by atoms with E-state index < -0.39 is 17.8 Å². The predicted molar refractivity (Wildman–Crippen MR) is 71.0 cm³/mol. The summed E-state index contributed by atoms with van der Waals surface area (Å²) in [7, 11) is 0. The number of carbonyl (C=O) groups excluding carboxylic acids is 1. The molecule has 8 heteroatoms. The van der Waals surface area contributed by atoms with E-state index in [0.717, 1.165) is 12.1 Å². The maximum Gasteiger partial charge on any atom is 0.573 e. The standard InChI is InChI=1S/C12H15F3N2O2.ClH/c1-11(2,7-16)17-10(18)8-3-5-9(6-4-8)19-12(13,14)15;/h3-6H,7,16H2,1-2H3,(H,17,18);1H. The summed E-state index contributed by atoms with van der Waals surface area (Å²) in [5, 5.41) is 2.66. The molecule has 1 amide bonds. The number of alkyl halides is 3. The van der Waals surface area contributed by atoms with E-state index in [2.05, 4.69) is 10.1 Å². The first-order valence-electron chi connectivity index (χ1n) is 5.51. The zero-order valence-electron chi connectivity index (χ0n) is 11.0. The van der Waals surface area contributed by atoms with Crippen molar-refractivity contribution >= 4 is 18.3 Å². The van der Waals surface area contributed by atoms with E-state index in [1.54, 1.807) is 13.8 Å². The molecule has 0 saturated heterocycles. The summed E-state index contributed by atoms with van der Waals surface area (Å²) >= 11 is 0. The fraction of sp³-hybridized carbons (Fsp3) is 0.417. The molecular weight excluding hydrogens is 297 g/mol. The second kappa shape index (κ2) is 6.81. The number of rotatable bonds is 4. The largest absolute Gasteiger partial charge is 0.573 e. The van der Waals surface area contributed by atoms with Crippen LogP contribution in [0.4, 0.5) is 13.2 Å². The number of halogens is 4. The fourth-order valence-electron chi connectivity index (χ4n) is 1.24. The van der Waals surface area contributed by atoms with E-state index in [1.165, 1.54) is 12.1 Å². The molecule has 1 rings (SSSR count). The molecule has 114 valence electrons. The van der Waals surface area contributed by atoms with Gasteiger partial charge < -0.3 is 15.8 Å². The lowest BCUT2D eigenvalue weighted by Gasteiger charge is -2.24. The molecule has 0 bridgehead atoms. The Morgan fingerprint density at radius 3 is 2.15 bits per heavy atom. The molecule has 4 nitrogen and oxygen atoms in total. The minimum absolute atomic E-state index is 0. The van der Waals surface area contributed by atoms with Crippen LogP contribution in [0.15, 0.2) is 24.3 Å². The summed E-state index contributed by atoms with van der Waals surface area (Å²) in [5.41, 5.74) is 5.11. The first-order valence-corrected chi connectivity index (χ1v) is 5.51. The first kappa shape index (κ1) is 18.5. The van der Waals surface area contributed by atoms with Gasteiger partial charge in [0.15, 0.2) is 0 Å². The molecule has 3 N–H and O–H groups in total. The molecule has 0 spiro atoms. The molecule has 0 radical (unpaired) electrons. The van der Waals surface area contributed by atoms with E-state index in [1.807, 2.05) is 0 Å². The zero-order valence-corrected chi connectivity index (χ0v) is 11.8. The van der Waals surface area contributed by atoms with Crippen LogP contribution in [-0.4, -0.2) is 24.4 Å². The van der Waals surface area contributed by atoms with Gasteiger partial charge in [0, 0.05) is 17.6 Å². The molecule has 0 unspecified atom stereocenters. The van der Waals surface area contributed by atoms with Crippen LogP contribution in [0.25, 0.3) is 0 Å². The van der Waals surface area contributed by atoms with E-state index >= 15 is 0 Å². The molecule has 0 aliphatic carbocycles. The summed E-state index contributed by atoms with van der Waals surface area (Å²) in [4.78, 5) is 11.8. The molecule has 20 heavy (non-hydrogen) atoms. The van der Waals surface area contributed by atoms with Crippen molar-refractivity contribution in [2.45, 2.75) is 25.7 Å². The SMILES string of the molecule is CC(C)(CN)NC(=O)c1ccc(OC(F)(F)F)cc1.Cl. The molecule has 0 heterocycles. The minimum Gasteiger partial charge on any atom is -0.406 e. The zero-order chi connectivity index (χ0) is 14.7. The summed E-state index contributed by atoms with van der Waals surface area (Å²) < 4.78 is 39.6. The number of hydrogen-bond donors (Lipinski definition) is 2. The quantitative estimate of drug-likeness (QED) is 0.897. The molecule has 0 aromatic heterocycles. The van der Waals surface area contributed by atoms with Gasteiger partial charge in [0.1, 0.15) is 5.75 Å². The van der Waals surface area contributed by atoms with Crippen molar-refractivity contribution in [1.29, 1.82) is 0 Å². The Morgan fingerprint density at radius 1 is 1.25 bits per heavy atom. The van der Waals surface area contributed by atoms with Gasteiger partial charge in [-0.2, -0.15) is 0 Å². The average Bonchev–Trinajstić information content (AvgIpc) is 2.27. The van der Waals surface area contributed by atoms with E-state index in [4.69, 9.17) is 5.73 Å². The average molecular weight is 313 g/mol. The number of nitrogens with two attached hydrogens (primary N) is 1. The Bertz CT molecular complexity index is 447. The molecule has 0 aliphatic rings. The van der Waals surface area contributed by atoms with Gasteiger partial charge in [0.25, 0.3) is 5.91 Å². The maximum atomic E-state index is 12.0. The summed E-state index contributed by atoms with van der Waals surface area (Å²) in [6.45, 7) is 3.73. The predicted octanol–water partition coefficient (Wildman–Crippen LogP) is 2.47. The number of ether oxygens (including phenoxy) is 1. The molecular formula is C12H16ClF3N2O2. The van der Waals surface area contributed by atoms with Crippen LogP contribution in [0.1, 0.15) is 24.2 Å². The second-order valence-corrected chi connectivity index (χ2v) is 4.61. The van der Waals surface area contributed by atoms with Gasteiger partial charge in [-0.1, -0.05) is 0 Å². The number of hydrogen-bond acceptors (Lipinski definition) is 3. The van der Waals surface area contributed by atoms with Gasteiger partial charge in [-0.3, -0.25) is 4.79 Å². The van der Waals surface area contributed by atoms with Gasteiger partial charge in [0.05, 0.1) is 0 Å².